The first-order valence-corrected chi connectivity index (χ1v) is 11.5. The minimum absolute atomic E-state index is 0.0340. The monoisotopic (exact) mass is 381 g/mol. The van der Waals surface area contributed by atoms with E-state index in [-0.39, 0.29) is 17.9 Å². The number of carbonyl (C=O) groups excluding carboxylic acids is 2. The third-order valence-electron chi connectivity index (χ3n) is 5.55. The van der Waals surface area contributed by atoms with Gasteiger partial charge in [0.2, 0.25) is 11.8 Å². The molecule has 1 saturated heterocycles. The zero-order chi connectivity index (χ0) is 19.7. The minimum atomic E-state index is -0.255. The van der Waals surface area contributed by atoms with Crippen molar-refractivity contribution in [1.82, 2.24) is 10.2 Å². The molecule has 0 aromatic carbocycles. The fourth-order valence-electron chi connectivity index (χ4n) is 3.83. The number of carbonyl (C=O) groups is 2. The van der Waals surface area contributed by atoms with E-state index in [0.29, 0.717) is 19.5 Å². The van der Waals surface area contributed by atoms with Crippen molar-refractivity contribution in [3.8, 4) is 0 Å². The molecular formula is C22H43N3O2. The van der Waals surface area contributed by atoms with Crippen molar-refractivity contribution >= 4 is 11.8 Å². The van der Waals surface area contributed by atoms with Gasteiger partial charge in [-0.2, -0.15) is 0 Å². The molecule has 0 unspecified atom stereocenters. The van der Waals surface area contributed by atoms with Crippen LogP contribution >= 0.6 is 0 Å². The molecule has 0 spiro atoms. The lowest BCUT2D eigenvalue weighted by Gasteiger charge is -2.35. The molecule has 27 heavy (non-hydrogen) atoms. The Bertz CT molecular complexity index is 401. The second-order valence-electron chi connectivity index (χ2n) is 7.96. The number of piperidine rings is 1. The number of nitrogens with two attached hydrogens (primary N) is 1. The number of likely N-dealkylation sites (tertiary alicyclic amines) is 1. The van der Waals surface area contributed by atoms with E-state index >= 15 is 0 Å². The molecule has 158 valence electrons. The highest BCUT2D eigenvalue weighted by Crippen LogP contribution is 2.19. The second kappa shape index (κ2) is 15.9. The maximum atomic E-state index is 12.6. The molecule has 1 aliphatic rings. The standard InChI is InChI=1S/C22H43N3O2/c1-2-3-4-5-6-7-8-10-16-21(26)25-19-14-11-15-20(25)22(27)24-18-13-9-12-17-23/h20H,2-19,23H2,1H3,(H,24,27)/t20-/m1/s1. The fraction of sp³-hybridized carbons (Fsp3) is 0.909. The first-order chi connectivity index (χ1) is 13.2. The number of unbranched alkanes of at least 4 members (excludes halogenated alkanes) is 9. The molecule has 1 heterocycles. The van der Waals surface area contributed by atoms with Gasteiger partial charge in [-0.3, -0.25) is 9.59 Å². The van der Waals surface area contributed by atoms with Crippen molar-refractivity contribution in [2.75, 3.05) is 19.6 Å². The molecule has 0 aromatic heterocycles. The van der Waals surface area contributed by atoms with Gasteiger partial charge in [0.25, 0.3) is 0 Å². The number of amides is 2. The summed E-state index contributed by atoms with van der Waals surface area (Å²) < 4.78 is 0. The zero-order valence-corrected chi connectivity index (χ0v) is 17.6. The molecule has 0 saturated carbocycles. The second-order valence-corrected chi connectivity index (χ2v) is 7.96. The molecule has 0 aromatic rings. The highest BCUT2D eigenvalue weighted by Gasteiger charge is 2.31. The summed E-state index contributed by atoms with van der Waals surface area (Å²) in [6, 6.07) is -0.255. The van der Waals surface area contributed by atoms with Crippen molar-refractivity contribution in [3.63, 3.8) is 0 Å². The normalized spacial score (nSPS) is 17.1. The van der Waals surface area contributed by atoms with Crippen LogP contribution in [0, 0.1) is 0 Å². The van der Waals surface area contributed by atoms with E-state index in [9.17, 15) is 9.59 Å². The van der Waals surface area contributed by atoms with Crippen molar-refractivity contribution in [1.29, 1.82) is 0 Å². The molecule has 1 fully saturated rings. The minimum Gasteiger partial charge on any atom is -0.354 e. The number of rotatable bonds is 15. The van der Waals surface area contributed by atoms with Crippen molar-refractivity contribution in [2.24, 2.45) is 5.73 Å². The van der Waals surface area contributed by atoms with Crippen molar-refractivity contribution in [2.45, 2.75) is 109 Å². The summed E-state index contributed by atoms with van der Waals surface area (Å²) in [5, 5.41) is 3.02. The smallest absolute Gasteiger partial charge is 0.242 e. The lowest BCUT2D eigenvalue weighted by Crippen LogP contribution is -2.52. The Labute approximate surface area is 166 Å². The Hall–Kier alpha value is -1.10. The maximum Gasteiger partial charge on any atom is 0.242 e. The Morgan fingerprint density at radius 1 is 0.926 bits per heavy atom. The number of nitrogens with one attached hydrogen (secondary N) is 1. The Kier molecular flexibility index (Phi) is 14.1. The third kappa shape index (κ3) is 10.7. The number of hydrogen-bond acceptors (Lipinski definition) is 3. The number of nitrogens with zero attached hydrogens (tertiary/aromatic N) is 1. The lowest BCUT2D eigenvalue weighted by atomic mass is 10.00. The molecule has 3 N–H and O–H groups in total. The molecule has 1 aliphatic heterocycles. The van der Waals surface area contributed by atoms with E-state index in [0.717, 1.165) is 57.9 Å². The van der Waals surface area contributed by atoms with Crippen LogP contribution in [0.25, 0.3) is 0 Å². The van der Waals surface area contributed by atoms with Gasteiger partial charge in [0, 0.05) is 19.5 Å². The summed E-state index contributed by atoms with van der Waals surface area (Å²) in [4.78, 5) is 27.0. The average molecular weight is 382 g/mol. The van der Waals surface area contributed by atoms with Gasteiger partial charge in [0.1, 0.15) is 6.04 Å². The van der Waals surface area contributed by atoms with Crippen LogP contribution in [0.4, 0.5) is 0 Å². The van der Waals surface area contributed by atoms with Crippen LogP contribution in [0.2, 0.25) is 0 Å². The Morgan fingerprint density at radius 3 is 2.30 bits per heavy atom. The predicted molar refractivity (Wildman–Crippen MR) is 112 cm³/mol. The molecule has 0 radical (unpaired) electrons. The molecule has 5 nitrogen and oxygen atoms in total. The van der Waals surface area contributed by atoms with Gasteiger partial charge in [-0.05, 0) is 45.1 Å². The van der Waals surface area contributed by atoms with E-state index in [4.69, 9.17) is 5.73 Å². The summed E-state index contributed by atoms with van der Waals surface area (Å²) in [6.07, 6.45) is 16.3. The molecule has 1 atom stereocenters. The Balaban J connectivity index is 2.24. The van der Waals surface area contributed by atoms with Gasteiger partial charge in [-0.15, -0.1) is 0 Å². The van der Waals surface area contributed by atoms with Crippen LogP contribution in [-0.2, 0) is 9.59 Å². The molecule has 0 aliphatic carbocycles. The van der Waals surface area contributed by atoms with E-state index in [2.05, 4.69) is 12.2 Å². The predicted octanol–water partition coefficient (Wildman–Crippen LogP) is 4.14. The van der Waals surface area contributed by atoms with Crippen LogP contribution in [-0.4, -0.2) is 42.4 Å². The van der Waals surface area contributed by atoms with Crippen LogP contribution in [0.3, 0.4) is 0 Å². The van der Waals surface area contributed by atoms with Gasteiger partial charge in [0.05, 0.1) is 0 Å². The van der Waals surface area contributed by atoms with Gasteiger partial charge < -0.3 is 16.0 Å². The molecule has 0 bridgehead atoms. The maximum absolute atomic E-state index is 12.6. The van der Waals surface area contributed by atoms with E-state index < -0.39 is 0 Å². The quantitative estimate of drug-likeness (QED) is 0.419. The third-order valence-corrected chi connectivity index (χ3v) is 5.55. The first kappa shape index (κ1) is 23.9. The number of hydrogen-bond donors (Lipinski definition) is 2. The van der Waals surface area contributed by atoms with E-state index in [1.165, 1.54) is 38.5 Å². The summed E-state index contributed by atoms with van der Waals surface area (Å²) >= 11 is 0. The SMILES string of the molecule is CCCCCCCCCCC(=O)N1CCCC[C@@H]1C(=O)NCCCCCN. The summed E-state index contributed by atoms with van der Waals surface area (Å²) in [6.45, 7) is 4.37. The van der Waals surface area contributed by atoms with Crippen LogP contribution in [0.15, 0.2) is 0 Å². The highest BCUT2D eigenvalue weighted by atomic mass is 16.2. The van der Waals surface area contributed by atoms with Gasteiger partial charge in [-0.25, -0.2) is 0 Å². The summed E-state index contributed by atoms with van der Waals surface area (Å²) in [7, 11) is 0. The lowest BCUT2D eigenvalue weighted by molar-refractivity contribution is -0.142. The van der Waals surface area contributed by atoms with Crippen molar-refractivity contribution in [3.05, 3.63) is 0 Å². The van der Waals surface area contributed by atoms with Gasteiger partial charge >= 0.3 is 0 Å². The van der Waals surface area contributed by atoms with Crippen LogP contribution in [0.5, 0.6) is 0 Å². The molecule has 5 heteroatoms. The van der Waals surface area contributed by atoms with E-state index in [1.807, 2.05) is 4.90 Å². The molecule has 2 amide bonds. The van der Waals surface area contributed by atoms with Crippen LogP contribution in [0.1, 0.15) is 103 Å². The Morgan fingerprint density at radius 2 is 1.59 bits per heavy atom. The molecular weight excluding hydrogens is 338 g/mol. The molecule has 1 rings (SSSR count). The van der Waals surface area contributed by atoms with Crippen molar-refractivity contribution < 1.29 is 9.59 Å². The van der Waals surface area contributed by atoms with Gasteiger partial charge in [-0.1, -0.05) is 58.3 Å². The van der Waals surface area contributed by atoms with E-state index in [1.54, 1.807) is 0 Å². The first-order valence-electron chi connectivity index (χ1n) is 11.5. The fourth-order valence-corrected chi connectivity index (χ4v) is 3.83. The average Bonchev–Trinajstić information content (AvgIpc) is 2.69. The van der Waals surface area contributed by atoms with Crippen LogP contribution < -0.4 is 11.1 Å². The summed E-state index contributed by atoms with van der Waals surface area (Å²) in [5.74, 6) is 0.204. The largest absolute Gasteiger partial charge is 0.354 e. The topological polar surface area (TPSA) is 75.4 Å². The highest BCUT2D eigenvalue weighted by molar-refractivity contribution is 5.87. The van der Waals surface area contributed by atoms with Gasteiger partial charge in [0.15, 0.2) is 0 Å². The zero-order valence-electron chi connectivity index (χ0n) is 17.6. The summed E-state index contributed by atoms with van der Waals surface area (Å²) in [5.41, 5.74) is 5.49.